The molecule has 0 heterocycles. The van der Waals surface area contributed by atoms with E-state index in [1.807, 2.05) is 0 Å². The van der Waals surface area contributed by atoms with Crippen LogP contribution in [0.15, 0.2) is 0 Å². The third kappa shape index (κ3) is 13.9. The summed E-state index contributed by atoms with van der Waals surface area (Å²) in [5.41, 5.74) is 0.519. The van der Waals surface area contributed by atoms with Gasteiger partial charge in [-0.05, 0) is 23.7 Å². The van der Waals surface area contributed by atoms with Gasteiger partial charge in [-0.3, -0.25) is 0 Å². The predicted molar refractivity (Wildman–Crippen MR) is 80.4 cm³/mol. The molecule has 0 saturated heterocycles. The highest BCUT2D eigenvalue weighted by atomic mass is 14.2. The molecule has 0 spiro atoms. The number of hydrogen-bond donors (Lipinski definition) is 0. The van der Waals surface area contributed by atoms with E-state index in [-0.39, 0.29) is 0 Å². The van der Waals surface area contributed by atoms with E-state index in [9.17, 15) is 0 Å². The van der Waals surface area contributed by atoms with Gasteiger partial charge < -0.3 is 0 Å². The van der Waals surface area contributed by atoms with Gasteiger partial charge in [0.1, 0.15) is 0 Å². The van der Waals surface area contributed by atoms with Gasteiger partial charge in [-0.25, -0.2) is 0 Å². The average Bonchev–Trinajstić information content (AvgIpc) is 2.19. The van der Waals surface area contributed by atoms with Gasteiger partial charge >= 0.3 is 0 Å². The van der Waals surface area contributed by atoms with Crippen LogP contribution < -0.4 is 0 Å². The van der Waals surface area contributed by atoms with E-state index < -0.39 is 0 Å². The quantitative estimate of drug-likeness (QED) is 0.406. The first-order valence-electron chi connectivity index (χ1n) is 7.81. The molecule has 0 aromatic heterocycles. The van der Waals surface area contributed by atoms with Gasteiger partial charge in [-0.2, -0.15) is 0 Å². The largest absolute Gasteiger partial charge is 0.0628 e. The Labute approximate surface area is 111 Å². The molecule has 0 heteroatoms. The molecule has 1 unspecified atom stereocenters. The highest BCUT2D eigenvalue weighted by molar-refractivity contribution is 4.64. The fourth-order valence-corrected chi connectivity index (χ4v) is 2.22. The van der Waals surface area contributed by atoms with Gasteiger partial charge in [-0.1, -0.05) is 86.5 Å². The zero-order valence-electron chi connectivity index (χ0n) is 13.3. The fraction of sp³-hybridized carbons (Fsp3) is 1.00. The maximum Gasteiger partial charge on any atom is -0.0383 e. The monoisotopic (exact) mass is 240 g/mol. The lowest BCUT2D eigenvalue weighted by atomic mass is 9.86. The smallest absolute Gasteiger partial charge is 0.0383 e. The predicted octanol–water partition coefficient (Wildman–Crippen LogP) is 6.45. The van der Waals surface area contributed by atoms with Gasteiger partial charge in [0.05, 0.1) is 0 Å². The van der Waals surface area contributed by atoms with Crippen molar-refractivity contribution in [2.75, 3.05) is 0 Å². The van der Waals surface area contributed by atoms with Crippen molar-refractivity contribution >= 4 is 0 Å². The fourth-order valence-electron chi connectivity index (χ4n) is 2.22. The second-order valence-electron chi connectivity index (χ2n) is 7.59. The van der Waals surface area contributed by atoms with Gasteiger partial charge in [0.2, 0.25) is 0 Å². The number of unbranched alkanes of at least 4 members (excludes halogenated alkanes) is 3. The summed E-state index contributed by atoms with van der Waals surface area (Å²) in [6, 6.07) is 0. The average molecular weight is 240 g/mol. The summed E-state index contributed by atoms with van der Waals surface area (Å²) in [6.45, 7) is 14.1. The van der Waals surface area contributed by atoms with Gasteiger partial charge in [-0.15, -0.1) is 0 Å². The summed E-state index contributed by atoms with van der Waals surface area (Å²) < 4.78 is 0. The minimum atomic E-state index is 0.519. The molecule has 0 rings (SSSR count). The maximum atomic E-state index is 2.43. The second kappa shape index (κ2) is 9.00. The molecule has 0 radical (unpaired) electrons. The van der Waals surface area contributed by atoms with Gasteiger partial charge in [0.25, 0.3) is 0 Å². The third-order valence-electron chi connectivity index (χ3n) is 3.62. The van der Waals surface area contributed by atoms with Crippen molar-refractivity contribution < 1.29 is 0 Å². The van der Waals surface area contributed by atoms with E-state index in [0.717, 1.165) is 11.8 Å². The molecule has 0 aromatic rings. The first-order valence-corrected chi connectivity index (χ1v) is 7.81. The lowest BCUT2D eigenvalue weighted by molar-refractivity contribution is 0.319. The van der Waals surface area contributed by atoms with E-state index in [1.54, 1.807) is 0 Å². The Bertz CT molecular complexity index is 161. The van der Waals surface area contributed by atoms with Crippen molar-refractivity contribution in [3.63, 3.8) is 0 Å². The zero-order valence-corrected chi connectivity index (χ0v) is 13.3. The Morgan fingerprint density at radius 1 is 0.706 bits per heavy atom. The van der Waals surface area contributed by atoms with Crippen LogP contribution in [0.5, 0.6) is 0 Å². The van der Waals surface area contributed by atoms with E-state index >= 15 is 0 Å². The molecule has 17 heavy (non-hydrogen) atoms. The van der Waals surface area contributed by atoms with Crippen LogP contribution in [0.4, 0.5) is 0 Å². The van der Waals surface area contributed by atoms with Crippen LogP contribution in [-0.2, 0) is 0 Å². The van der Waals surface area contributed by atoms with E-state index in [4.69, 9.17) is 0 Å². The van der Waals surface area contributed by atoms with E-state index in [0.29, 0.717) is 5.41 Å². The molecule has 0 aliphatic carbocycles. The molecule has 0 aliphatic heterocycles. The molecule has 0 amide bonds. The first-order chi connectivity index (χ1) is 7.81. The highest BCUT2D eigenvalue weighted by Gasteiger charge is 2.12. The SMILES string of the molecule is CC(C)CCCCCCC(C)CCC(C)(C)C. The van der Waals surface area contributed by atoms with Crippen molar-refractivity contribution in [3.8, 4) is 0 Å². The van der Waals surface area contributed by atoms with E-state index in [1.165, 1.54) is 51.4 Å². The van der Waals surface area contributed by atoms with Crippen molar-refractivity contribution in [1.82, 2.24) is 0 Å². The Morgan fingerprint density at radius 2 is 1.24 bits per heavy atom. The van der Waals surface area contributed by atoms with Crippen molar-refractivity contribution in [1.29, 1.82) is 0 Å². The molecule has 0 N–H and O–H groups in total. The second-order valence-corrected chi connectivity index (χ2v) is 7.59. The lowest BCUT2D eigenvalue weighted by Crippen LogP contribution is -2.07. The zero-order chi connectivity index (χ0) is 13.3. The highest BCUT2D eigenvalue weighted by Crippen LogP contribution is 2.25. The van der Waals surface area contributed by atoms with Crippen LogP contribution in [0.25, 0.3) is 0 Å². The molecule has 104 valence electrons. The Hall–Kier alpha value is 0. The Kier molecular flexibility index (Phi) is 9.00. The standard InChI is InChI=1S/C17H36/c1-15(2)11-9-7-8-10-12-16(3)13-14-17(4,5)6/h15-16H,7-14H2,1-6H3. The summed E-state index contributed by atoms with van der Waals surface area (Å²) in [5, 5.41) is 0. The minimum Gasteiger partial charge on any atom is -0.0628 e. The first kappa shape index (κ1) is 17.0. The van der Waals surface area contributed by atoms with Crippen LogP contribution in [0, 0.1) is 17.3 Å². The molecule has 0 saturated carbocycles. The van der Waals surface area contributed by atoms with Gasteiger partial charge in [0.15, 0.2) is 0 Å². The molecule has 0 aromatic carbocycles. The normalized spacial score (nSPS) is 14.3. The van der Waals surface area contributed by atoms with Crippen molar-refractivity contribution in [3.05, 3.63) is 0 Å². The molecule has 0 fully saturated rings. The molecular formula is C17H36. The topological polar surface area (TPSA) is 0 Å². The molecule has 0 bridgehead atoms. The summed E-state index contributed by atoms with van der Waals surface area (Å²) in [4.78, 5) is 0. The van der Waals surface area contributed by atoms with Crippen LogP contribution >= 0.6 is 0 Å². The molecule has 1 atom stereocenters. The van der Waals surface area contributed by atoms with Crippen LogP contribution in [0.1, 0.15) is 92.9 Å². The summed E-state index contributed by atoms with van der Waals surface area (Å²) >= 11 is 0. The van der Waals surface area contributed by atoms with Crippen molar-refractivity contribution in [2.45, 2.75) is 92.9 Å². The number of rotatable bonds is 9. The lowest BCUT2D eigenvalue weighted by Gasteiger charge is -2.20. The molecule has 0 aliphatic rings. The summed E-state index contributed by atoms with van der Waals surface area (Å²) in [7, 11) is 0. The maximum absolute atomic E-state index is 2.43. The van der Waals surface area contributed by atoms with E-state index in [2.05, 4.69) is 41.5 Å². The summed E-state index contributed by atoms with van der Waals surface area (Å²) in [6.07, 6.45) is 11.4. The van der Waals surface area contributed by atoms with Crippen LogP contribution in [0.2, 0.25) is 0 Å². The summed E-state index contributed by atoms with van der Waals surface area (Å²) in [5.74, 6) is 1.82. The van der Waals surface area contributed by atoms with Crippen molar-refractivity contribution in [2.24, 2.45) is 17.3 Å². The Balaban J connectivity index is 3.31. The molecule has 0 nitrogen and oxygen atoms in total. The Morgan fingerprint density at radius 3 is 1.71 bits per heavy atom. The van der Waals surface area contributed by atoms with Crippen LogP contribution in [-0.4, -0.2) is 0 Å². The minimum absolute atomic E-state index is 0.519. The van der Waals surface area contributed by atoms with Gasteiger partial charge in [0, 0.05) is 0 Å². The molecular weight excluding hydrogens is 204 g/mol. The number of hydrogen-bond acceptors (Lipinski definition) is 0. The third-order valence-corrected chi connectivity index (χ3v) is 3.62. The van der Waals surface area contributed by atoms with Crippen LogP contribution in [0.3, 0.4) is 0 Å².